The summed E-state index contributed by atoms with van der Waals surface area (Å²) in [5, 5.41) is 5.28. The monoisotopic (exact) mass is 592 g/mol. The van der Waals surface area contributed by atoms with Crippen LogP contribution in [0.25, 0.3) is 0 Å². The Bertz CT molecular complexity index is 1460. The summed E-state index contributed by atoms with van der Waals surface area (Å²) in [5.74, 6) is 0.575. The third-order valence-electron chi connectivity index (χ3n) is 5.71. The Labute approximate surface area is 238 Å². The van der Waals surface area contributed by atoms with Gasteiger partial charge in [-0.3, -0.25) is 4.98 Å². The van der Waals surface area contributed by atoms with E-state index in [4.69, 9.17) is 44.4 Å². The van der Waals surface area contributed by atoms with Crippen LogP contribution in [-0.4, -0.2) is 17.3 Å². The summed E-state index contributed by atoms with van der Waals surface area (Å²) in [5.41, 5.74) is 3.54. The van der Waals surface area contributed by atoms with Crippen LogP contribution < -0.4 is 4.74 Å². The minimum atomic E-state index is -4.50. The van der Waals surface area contributed by atoms with Crippen molar-refractivity contribution >= 4 is 40.5 Å². The Morgan fingerprint density at radius 1 is 0.897 bits per heavy atom. The van der Waals surface area contributed by atoms with Crippen LogP contribution in [-0.2, 0) is 24.0 Å². The van der Waals surface area contributed by atoms with Crippen LogP contribution in [0, 0.1) is 6.92 Å². The molecule has 0 spiro atoms. The third-order valence-corrected chi connectivity index (χ3v) is 6.62. The fourth-order valence-electron chi connectivity index (χ4n) is 3.53. The SMILES string of the molecule is Cc1ccc(C(COc2ccc(Cc3ncc(C(F)(F)F)cc3Cl)cc2)=NOCc2ccc(Cl)cc2Cl)cc1. The molecule has 0 fully saturated rings. The highest BCUT2D eigenvalue weighted by atomic mass is 35.5. The number of rotatable bonds is 9. The molecule has 0 unspecified atom stereocenters. The van der Waals surface area contributed by atoms with Crippen LogP contribution in [0.4, 0.5) is 13.2 Å². The normalized spacial score (nSPS) is 11.9. The number of benzene rings is 3. The highest BCUT2D eigenvalue weighted by molar-refractivity contribution is 6.35. The lowest BCUT2D eigenvalue weighted by atomic mass is 10.1. The number of halogens is 6. The van der Waals surface area contributed by atoms with Gasteiger partial charge in [0.2, 0.25) is 0 Å². The first-order chi connectivity index (χ1) is 18.6. The molecular weight excluding hydrogens is 572 g/mol. The summed E-state index contributed by atoms with van der Waals surface area (Å²) in [7, 11) is 0. The van der Waals surface area contributed by atoms with E-state index in [-0.39, 0.29) is 24.7 Å². The molecule has 0 saturated carbocycles. The largest absolute Gasteiger partial charge is 0.487 e. The number of pyridine rings is 1. The van der Waals surface area contributed by atoms with Crippen molar-refractivity contribution < 1.29 is 22.7 Å². The maximum absolute atomic E-state index is 12.9. The molecular formula is C29H22Cl3F3N2O2. The number of alkyl halides is 3. The molecule has 0 atom stereocenters. The van der Waals surface area contributed by atoms with E-state index in [0.717, 1.165) is 34.5 Å². The van der Waals surface area contributed by atoms with Gasteiger partial charge >= 0.3 is 6.18 Å². The Morgan fingerprint density at radius 3 is 2.26 bits per heavy atom. The average molecular weight is 594 g/mol. The molecule has 0 radical (unpaired) electrons. The molecule has 0 aliphatic rings. The number of nitrogens with zero attached hydrogens (tertiary/aromatic N) is 2. The second-order valence-corrected chi connectivity index (χ2v) is 9.92. The maximum Gasteiger partial charge on any atom is 0.417 e. The van der Waals surface area contributed by atoms with Crippen molar-refractivity contribution in [2.75, 3.05) is 6.61 Å². The van der Waals surface area contributed by atoms with Gasteiger partial charge in [0, 0.05) is 33.8 Å². The summed E-state index contributed by atoms with van der Waals surface area (Å²) in [6.45, 7) is 2.27. The predicted octanol–water partition coefficient (Wildman–Crippen LogP) is 8.96. The molecule has 0 N–H and O–H groups in total. The van der Waals surface area contributed by atoms with E-state index in [2.05, 4.69) is 10.1 Å². The van der Waals surface area contributed by atoms with E-state index in [1.165, 1.54) is 0 Å². The quantitative estimate of drug-likeness (QED) is 0.144. The molecule has 202 valence electrons. The number of aryl methyl sites for hydroxylation is 1. The molecule has 1 aromatic heterocycles. The molecule has 4 aromatic rings. The molecule has 0 aliphatic carbocycles. The zero-order valence-electron chi connectivity index (χ0n) is 20.6. The van der Waals surface area contributed by atoms with E-state index in [9.17, 15) is 13.2 Å². The van der Waals surface area contributed by atoms with Crippen LogP contribution in [0.1, 0.15) is 33.5 Å². The Balaban J connectivity index is 1.42. The van der Waals surface area contributed by atoms with Crippen molar-refractivity contribution in [2.45, 2.75) is 26.1 Å². The van der Waals surface area contributed by atoms with Crippen LogP contribution in [0.2, 0.25) is 15.1 Å². The fourth-order valence-corrected chi connectivity index (χ4v) is 4.22. The van der Waals surface area contributed by atoms with Crippen LogP contribution in [0.5, 0.6) is 5.75 Å². The smallest absolute Gasteiger partial charge is 0.417 e. The molecule has 3 aromatic carbocycles. The second-order valence-electron chi connectivity index (χ2n) is 8.67. The predicted molar refractivity (Wildman–Crippen MR) is 148 cm³/mol. The molecule has 10 heteroatoms. The molecule has 0 aliphatic heterocycles. The van der Waals surface area contributed by atoms with Crippen molar-refractivity contribution in [2.24, 2.45) is 5.16 Å². The molecule has 0 amide bonds. The van der Waals surface area contributed by atoms with E-state index < -0.39 is 11.7 Å². The third kappa shape index (κ3) is 8.12. The minimum absolute atomic E-state index is 0.0380. The van der Waals surface area contributed by atoms with Crippen molar-refractivity contribution in [3.05, 3.63) is 128 Å². The zero-order chi connectivity index (χ0) is 28.0. The summed E-state index contributed by atoms with van der Waals surface area (Å²) in [4.78, 5) is 9.49. The van der Waals surface area contributed by atoms with Crippen molar-refractivity contribution in [3.63, 3.8) is 0 Å². The number of hydrogen-bond acceptors (Lipinski definition) is 4. The van der Waals surface area contributed by atoms with Gasteiger partial charge in [-0.1, -0.05) is 88.0 Å². The summed E-state index contributed by atoms with van der Waals surface area (Å²) in [6, 6.07) is 20.9. The van der Waals surface area contributed by atoms with Gasteiger partial charge in [-0.15, -0.1) is 0 Å². The van der Waals surface area contributed by atoms with Gasteiger partial charge in [0.15, 0.2) is 0 Å². The lowest BCUT2D eigenvalue weighted by Gasteiger charge is -2.12. The van der Waals surface area contributed by atoms with E-state index in [1.807, 2.05) is 31.2 Å². The van der Waals surface area contributed by atoms with Crippen molar-refractivity contribution in [3.8, 4) is 5.75 Å². The maximum atomic E-state index is 12.9. The standard InChI is InChI=1S/C29H22Cl3F3N2O2/c1-18-2-6-20(7-3-18)28(37-39-16-21-8-9-23(30)14-25(21)31)17-38-24-10-4-19(5-11-24)12-27-26(32)13-22(15-36-27)29(33,34)35/h2-11,13-15H,12,16-17H2,1H3. The van der Waals surface area contributed by atoms with Crippen molar-refractivity contribution in [1.82, 2.24) is 4.98 Å². The molecule has 39 heavy (non-hydrogen) atoms. The van der Waals surface area contributed by atoms with Gasteiger partial charge in [-0.05, 0) is 42.8 Å². The fraction of sp³-hybridized carbons (Fsp3) is 0.172. The first-order valence-corrected chi connectivity index (χ1v) is 12.8. The van der Waals surface area contributed by atoms with Gasteiger partial charge in [-0.25, -0.2) is 0 Å². The molecule has 0 bridgehead atoms. The molecule has 0 saturated heterocycles. The number of hydrogen-bond donors (Lipinski definition) is 0. The van der Waals surface area contributed by atoms with Crippen LogP contribution in [0.15, 0.2) is 84.1 Å². The Morgan fingerprint density at radius 2 is 1.62 bits per heavy atom. The van der Waals surface area contributed by atoms with E-state index in [0.29, 0.717) is 27.2 Å². The van der Waals surface area contributed by atoms with Gasteiger partial charge in [-0.2, -0.15) is 13.2 Å². The second kappa shape index (κ2) is 12.7. The number of ether oxygens (including phenoxy) is 1. The highest BCUT2D eigenvalue weighted by Gasteiger charge is 2.31. The minimum Gasteiger partial charge on any atom is -0.487 e. The Kier molecular flexibility index (Phi) is 9.38. The lowest BCUT2D eigenvalue weighted by molar-refractivity contribution is -0.137. The summed E-state index contributed by atoms with van der Waals surface area (Å²) in [6.07, 6.45) is -3.44. The van der Waals surface area contributed by atoms with Gasteiger partial charge in [0.05, 0.1) is 16.3 Å². The lowest BCUT2D eigenvalue weighted by Crippen LogP contribution is -2.14. The average Bonchev–Trinajstić information content (AvgIpc) is 2.89. The molecule has 4 nitrogen and oxygen atoms in total. The number of aromatic nitrogens is 1. The van der Waals surface area contributed by atoms with Gasteiger partial charge < -0.3 is 9.57 Å². The van der Waals surface area contributed by atoms with Crippen LogP contribution in [0.3, 0.4) is 0 Å². The van der Waals surface area contributed by atoms with E-state index >= 15 is 0 Å². The number of oxime groups is 1. The topological polar surface area (TPSA) is 43.7 Å². The molecule has 1 heterocycles. The Hall–Kier alpha value is -3.26. The van der Waals surface area contributed by atoms with Gasteiger partial charge in [0.1, 0.15) is 24.7 Å². The summed E-state index contributed by atoms with van der Waals surface area (Å²) < 4.78 is 44.5. The van der Waals surface area contributed by atoms with Gasteiger partial charge in [0.25, 0.3) is 0 Å². The first-order valence-electron chi connectivity index (χ1n) is 11.7. The first kappa shape index (κ1) is 28.7. The highest BCUT2D eigenvalue weighted by Crippen LogP contribution is 2.31. The van der Waals surface area contributed by atoms with E-state index in [1.54, 1.807) is 42.5 Å². The van der Waals surface area contributed by atoms with Crippen LogP contribution >= 0.6 is 34.8 Å². The molecule has 4 rings (SSSR count). The zero-order valence-corrected chi connectivity index (χ0v) is 22.9. The summed E-state index contributed by atoms with van der Waals surface area (Å²) >= 11 is 18.2. The van der Waals surface area contributed by atoms with Crippen molar-refractivity contribution in [1.29, 1.82) is 0 Å².